The Morgan fingerprint density at radius 1 is 1.71 bits per heavy atom. The average molecular weight is 229 g/mol. The third-order valence-electron chi connectivity index (χ3n) is 2.02. The van der Waals surface area contributed by atoms with E-state index in [1.807, 2.05) is 13.2 Å². The van der Waals surface area contributed by atoms with Crippen LogP contribution in [0.25, 0.3) is 0 Å². The SMILES string of the molecule is CS[C@H](C)C(=O)NCCc1ccsc1. The molecule has 2 nitrogen and oxygen atoms in total. The Kier molecular flexibility index (Phi) is 5.04. The van der Waals surface area contributed by atoms with Crippen molar-refractivity contribution in [2.24, 2.45) is 0 Å². The number of nitrogens with one attached hydrogen (secondary N) is 1. The quantitative estimate of drug-likeness (QED) is 0.838. The number of rotatable bonds is 5. The molecule has 1 heterocycles. The standard InChI is InChI=1S/C10H15NOS2/c1-8(13-2)10(12)11-5-3-9-4-6-14-7-9/h4,6-8H,3,5H2,1-2H3,(H,11,12)/t8-/m1/s1. The Hall–Kier alpha value is -0.480. The molecule has 0 spiro atoms. The molecular formula is C10H15NOS2. The minimum Gasteiger partial charge on any atom is -0.355 e. The first-order valence-electron chi connectivity index (χ1n) is 4.55. The van der Waals surface area contributed by atoms with Crippen LogP contribution >= 0.6 is 23.1 Å². The van der Waals surface area contributed by atoms with Gasteiger partial charge in [0.05, 0.1) is 5.25 Å². The molecule has 4 heteroatoms. The molecule has 0 saturated carbocycles. The van der Waals surface area contributed by atoms with E-state index in [2.05, 4.69) is 22.1 Å². The summed E-state index contributed by atoms with van der Waals surface area (Å²) in [6.45, 7) is 2.66. The Labute approximate surface area is 93.1 Å². The molecule has 0 aliphatic rings. The second-order valence-electron chi connectivity index (χ2n) is 3.05. The zero-order chi connectivity index (χ0) is 10.4. The van der Waals surface area contributed by atoms with E-state index in [-0.39, 0.29) is 11.2 Å². The van der Waals surface area contributed by atoms with Crippen molar-refractivity contribution in [2.45, 2.75) is 18.6 Å². The summed E-state index contributed by atoms with van der Waals surface area (Å²) in [5, 5.41) is 7.14. The largest absolute Gasteiger partial charge is 0.355 e. The molecule has 0 unspecified atom stereocenters. The summed E-state index contributed by atoms with van der Waals surface area (Å²) in [6.07, 6.45) is 2.87. The highest BCUT2D eigenvalue weighted by molar-refractivity contribution is 7.99. The fraction of sp³-hybridized carbons (Fsp3) is 0.500. The minimum absolute atomic E-state index is 0.0532. The van der Waals surface area contributed by atoms with Gasteiger partial charge in [-0.1, -0.05) is 0 Å². The molecule has 0 saturated heterocycles. The first-order chi connectivity index (χ1) is 6.74. The molecule has 0 bridgehead atoms. The van der Waals surface area contributed by atoms with Crippen molar-refractivity contribution in [2.75, 3.05) is 12.8 Å². The number of hydrogen-bond donors (Lipinski definition) is 1. The lowest BCUT2D eigenvalue weighted by atomic mass is 10.2. The van der Waals surface area contributed by atoms with Gasteiger partial charge in [-0.25, -0.2) is 0 Å². The maximum atomic E-state index is 11.4. The number of hydrogen-bond acceptors (Lipinski definition) is 3. The normalized spacial score (nSPS) is 12.4. The summed E-state index contributed by atoms with van der Waals surface area (Å²) in [5.41, 5.74) is 1.30. The number of carbonyl (C=O) groups is 1. The van der Waals surface area contributed by atoms with Crippen LogP contribution in [0.3, 0.4) is 0 Å². The Bertz CT molecular complexity index is 272. The van der Waals surface area contributed by atoms with Crippen LogP contribution in [-0.4, -0.2) is 24.0 Å². The van der Waals surface area contributed by atoms with Crippen LogP contribution in [-0.2, 0) is 11.2 Å². The molecular weight excluding hydrogens is 214 g/mol. The number of carbonyl (C=O) groups excluding carboxylic acids is 1. The van der Waals surface area contributed by atoms with E-state index in [9.17, 15) is 4.79 Å². The second-order valence-corrected chi connectivity index (χ2v) is 5.01. The molecule has 1 aromatic rings. The third-order valence-corrected chi connectivity index (χ3v) is 3.67. The van der Waals surface area contributed by atoms with E-state index in [1.165, 1.54) is 5.56 Å². The average Bonchev–Trinajstić information content (AvgIpc) is 2.69. The zero-order valence-electron chi connectivity index (χ0n) is 8.45. The lowest BCUT2D eigenvalue weighted by molar-refractivity contribution is -0.120. The van der Waals surface area contributed by atoms with Crippen LogP contribution in [0.2, 0.25) is 0 Å². The maximum Gasteiger partial charge on any atom is 0.232 e. The highest BCUT2D eigenvalue weighted by Gasteiger charge is 2.09. The van der Waals surface area contributed by atoms with E-state index in [1.54, 1.807) is 23.1 Å². The van der Waals surface area contributed by atoms with Gasteiger partial charge in [-0.3, -0.25) is 4.79 Å². The number of thioether (sulfide) groups is 1. The van der Waals surface area contributed by atoms with Crippen LogP contribution in [0.5, 0.6) is 0 Å². The van der Waals surface area contributed by atoms with Crippen molar-refractivity contribution < 1.29 is 4.79 Å². The molecule has 1 N–H and O–H groups in total. The van der Waals surface area contributed by atoms with Gasteiger partial charge in [0.15, 0.2) is 0 Å². The summed E-state index contributed by atoms with van der Waals surface area (Å²) in [4.78, 5) is 11.4. The van der Waals surface area contributed by atoms with Gasteiger partial charge in [0.2, 0.25) is 5.91 Å². The van der Waals surface area contributed by atoms with Gasteiger partial charge in [0.1, 0.15) is 0 Å². The molecule has 0 fully saturated rings. The van der Waals surface area contributed by atoms with Gasteiger partial charge in [0.25, 0.3) is 0 Å². The van der Waals surface area contributed by atoms with E-state index in [0.717, 1.165) is 13.0 Å². The van der Waals surface area contributed by atoms with Gasteiger partial charge < -0.3 is 5.32 Å². The fourth-order valence-corrected chi connectivity index (χ4v) is 2.02. The van der Waals surface area contributed by atoms with Crippen LogP contribution in [0.1, 0.15) is 12.5 Å². The van der Waals surface area contributed by atoms with Gasteiger partial charge in [-0.2, -0.15) is 23.1 Å². The molecule has 1 amide bonds. The van der Waals surface area contributed by atoms with Gasteiger partial charge in [-0.05, 0) is 42.0 Å². The van der Waals surface area contributed by atoms with Crippen molar-refractivity contribution >= 4 is 29.0 Å². The first-order valence-corrected chi connectivity index (χ1v) is 6.78. The van der Waals surface area contributed by atoms with Crippen molar-refractivity contribution in [3.05, 3.63) is 22.4 Å². The van der Waals surface area contributed by atoms with Crippen molar-refractivity contribution in [3.8, 4) is 0 Å². The van der Waals surface area contributed by atoms with E-state index >= 15 is 0 Å². The summed E-state index contributed by atoms with van der Waals surface area (Å²) in [6, 6.07) is 2.09. The predicted octanol–water partition coefficient (Wildman–Crippen LogP) is 2.16. The molecule has 14 heavy (non-hydrogen) atoms. The second kappa shape index (κ2) is 6.09. The van der Waals surface area contributed by atoms with E-state index in [0.29, 0.717) is 0 Å². The molecule has 0 aromatic carbocycles. The summed E-state index contributed by atoms with van der Waals surface area (Å²) in [7, 11) is 0. The van der Waals surface area contributed by atoms with Gasteiger partial charge in [-0.15, -0.1) is 0 Å². The van der Waals surface area contributed by atoms with Crippen LogP contribution in [0, 0.1) is 0 Å². The molecule has 1 atom stereocenters. The van der Waals surface area contributed by atoms with Crippen LogP contribution in [0.4, 0.5) is 0 Å². The fourth-order valence-electron chi connectivity index (χ4n) is 1.02. The monoisotopic (exact) mass is 229 g/mol. The molecule has 0 radical (unpaired) electrons. The first kappa shape index (κ1) is 11.6. The Morgan fingerprint density at radius 2 is 2.50 bits per heavy atom. The highest BCUT2D eigenvalue weighted by atomic mass is 32.2. The topological polar surface area (TPSA) is 29.1 Å². The molecule has 0 aliphatic heterocycles. The van der Waals surface area contributed by atoms with Gasteiger partial charge >= 0.3 is 0 Å². The third kappa shape index (κ3) is 3.72. The summed E-state index contributed by atoms with van der Waals surface area (Å²) < 4.78 is 0. The van der Waals surface area contributed by atoms with Crippen LogP contribution in [0.15, 0.2) is 16.8 Å². The van der Waals surface area contributed by atoms with Crippen molar-refractivity contribution in [1.29, 1.82) is 0 Å². The molecule has 1 aromatic heterocycles. The lowest BCUT2D eigenvalue weighted by Crippen LogP contribution is -2.32. The summed E-state index contributed by atoms with van der Waals surface area (Å²) in [5.74, 6) is 0.132. The Morgan fingerprint density at radius 3 is 3.07 bits per heavy atom. The lowest BCUT2D eigenvalue weighted by Gasteiger charge is -2.08. The van der Waals surface area contributed by atoms with Crippen molar-refractivity contribution in [1.82, 2.24) is 5.32 Å². The maximum absolute atomic E-state index is 11.4. The van der Waals surface area contributed by atoms with E-state index < -0.39 is 0 Å². The van der Waals surface area contributed by atoms with E-state index in [4.69, 9.17) is 0 Å². The predicted molar refractivity (Wildman–Crippen MR) is 64.0 cm³/mol. The minimum atomic E-state index is 0.0532. The highest BCUT2D eigenvalue weighted by Crippen LogP contribution is 2.07. The molecule has 78 valence electrons. The van der Waals surface area contributed by atoms with Gasteiger partial charge in [0, 0.05) is 6.54 Å². The van der Waals surface area contributed by atoms with Crippen molar-refractivity contribution in [3.63, 3.8) is 0 Å². The molecule has 0 aliphatic carbocycles. The number of thiophene rings is 1. The zero-order valence-corrected chi connectivity index (χ0v) is 10.1. The van der Waals surface area contributed by atoms with Crippen LogP contribution < -0.4 is 5.32 Å². The smallest absolute Gasteiger partial charge is 0.232 e. The molecule has 1 rings (SSSR count). The Balaban J connectivity index is 2.18. The number of amides is 1. The summed E-state index contributed by atoms with van der Waals surface area (Å²) >= 11 is 3.26.